The van der Waals surface area contributed by atoms with Gasteiger partial charge in [0.25, 0.3) is 0 Å². The Hall–Kier alpha value is -2.64. The van der Waals surface area contributed by atoms with E-state index in [0.717, 1.165) is 29.8 Å². The summed E-state index contributed by atoms with van der Waals surface area (Å²) in [6.07, 6.45) is 1.70. The fraction of sp³-hybridized carbons (Fsp3) is 0.350. The normalized spacial score (nSPS) is 15.9. The minimum absolute atomic E-state index is 0.192. The second-order valence-corrected chi connectivity index (χ2v) is 7.28. The summed E-state index contributed by atoms with van der Waals surface area (Å²) in [7, 11) is 1.68. The monoisotopic (exact) mass is 399 g/mol. The molecule has 0 saturated carbocycles. The predicted octanol–water partition coefficient (Wildman–Crippen LogP) is 3.48. The molecule has 28 heavy (non-hydrogen) atoms. The van der Waals surface area contributed by atoms with Gasteiger partial charge in [-0.2, -0.15) is 4.68 Å². The highest BCUT2D eigenvalue weighted by Crippen LogP contribution is 2.41. The van der Waals surface area contributed by atoms with Gasteiger partial charge >= 0.3 is 0 Å². The van der Waals surface area contributed by atoms with Crippen molar-refractivity contribution in [1.82, 2.24) is 20.2 Å². The van der Waals surface area contributed by atoms with Gasteiger partial charge < -0.3 is 14.8 Å². The second-order valence-electron chi connectivity index (χ2n) is 6.84. The van der Waals surface area contributed by atoms with Crippen LogP contribution in [0, 0.1) is 0 Å². The number of rotatable bonds is 6. The van der Waals surface area contributed by atoms with Crippen LogP contribution < -0.4 is 10.1 Å². The SMILES string of the molecule is COc1ccc(Cl)cc1C1(CNc2nnnn2-c2ccccc2)CCOCC1. The summed E-state index contributed by atoms with van der Waals surface area (Å²) in [4.78, 5) is 0. The molecule has 3 aromatic rings. The van der Waals surface area contributed by atoms with Gasteiger partial charge in [0.1, 0.15) is 5.75 Å². The number of methoxy groups -OCH3 is 1. The Kier molecular flexibility index (Phi) is 5.45. The van der Waals surface area contributed by atoms with Crippen molar-refractivity contribution in [3.63, 3.8) is 0 Å². The quantitative estimate of drug-likeness (QED) is 0.684. The number of aromatic nitrogens is 4. The zero-order valence-electron chi connectivity index (χ0n) is 15.6. The third-order valence-corrected chi connectivity index (χ3v) is 5.47. The lowest BCUT2D eigenvalue weighted by Gasteiger charge is -2.38. The van der Waals surface area contributed by atoms with E-state index in [1.165, 1.54) is 0 Å². The molecular formula is C20H22ClN5O2. The molecule has 1 aliphatic heterocycles. The minimum Gasteiger partial charge on any atom is -0.496 e. The summed E-state index contributed by atoms with van der Waals surface area (Å²) in [5.41, 5.74) is 1.79. The molecular weight excluding hydrogens is 378 g/mol. The average molecular weight is 400 g/mol. The van der Waals surface area contributed by atoms with Crippen molar-refractivity contribution in [3.05, 3.63) is 59.1 Å². The highest BCUT2D eigenvalue weighted by atomic mass is 35.5. The molecule has 0 unspecified atom stereocenters. The van der Waals surface area contributed by atoms with E-state index >= 15 is 0 Å². The lowest BCUT2D eigenvalue weighted by atomic mass is 9.73. The Balaban J connectivity index is 1.65. The van der Waals surface area contributed by atoms with Gasteiger partial charge in [-0.1, -0.05) is 34.9 Å². The van der Waals surface area contributed by atoms with Crippen molar-refractivity contribution < 1.29 is 9.47 Å². The molecule has 1 aromatic heterocycles. The molecule has 1 N–H and O–H groups in total. The van der Waals surface area contributed by atoms with Gasteiger partial charge in [-0.3, -0.25) is 0 Å². The summed E-state index contributed by atoms with van der Waals surface area (Å²) >= 11 is 6.32. The molecule has 1 fully saturated rings. The van der Waals surface area contributed by atoms with Crippen LogP contribution in [0.25, 0.3) is 5.69 Å². The van der Waals surface area contributed by atoms with Crippen LogP contribution in [-0.4, -0.2) is 47.1 Å². The number of benzene rings is 2. The van der Waals surface area contributed by atoms with Crippen molar-refractivity contribution in [2.75, 3.05) is 32.2 Å². The zero-order chi connectivity index (χ0) is 19.4. The van der Waals surface area contributed by atoms with Crippen LogP contribution in [0.15, 0.2) is 48.5 Å². The van der Waals surface area contributed by atoms with Gasteiger partial charge in [0.05, 0.1) is 12.8 Å². The van der Waals surface area contributed by atoms with E-state index in [4.69, 9.17) is 21.1 Å². The molecule has 0 aliphatic carbocycles. The van der Waals surface area contributed by atoms with Crippen LogP contribution in [0.4, 0.5) is 5.95 Å². The number of para-hydroxylation sites is 1. The van der Waals surface area contributed by atoms with E-state index in [1.54, 1.807) is 11.8 Å². The first-order chi connectivity index (χ1) is 13.7. The highest BCUT2D eigenvalue weighted by Gasteiger charge is 2.37. The third-order valence-electron chi connectivity index (χ3n) is 5.24. The van der Waals surface area contributed by atoms with Crippen LogP contribution in [0.3, 0.4) is 0 Å². The van der Waals surface area contributed by atoms with Gasteiger partial charge in [-0.15, -0.1) is 0 Å². The third kappa shape index (κ3) is 3.68. The van der Waals surface area contributed by atoms with Crippen molar-refractivity contribution in [2.45, 2.75) is 18.3 Å². The smallest absolute Gasteiger partial charge is 0.247 e. The summed E-state index contributed by atoms with van der Waals surface area (Å²) in [6, 6.07) is 15.6. The predicted molar refractivity (Wildman–Crippen MR) is 107 cm³/mol. The van der Waals surface area contributed by atoms with E-state index in [-0.39, 0.29) is 5.41 Å². The molecule has 2 aromatic carbocycles. The van der Waals surface area contributed by atoms with E-state index in [9.17, 15) is 0 Å². The summed E-state index contributed by atoms with van der Waals surface area (Å²) < 4.78 is 13.0. The number of ether oxygens (including phenoxy) is 2. The molecule has 4 rings (SSSR count). The number of hydrogen-bond acceptors (Lipinski definition) is 6. The molecule has 0 atom stereocenters. The Bertz CT molecular complexity index is 925. The van der Waals surface area contributed by atoms with Gasteiger partial charge in [0, 0.05) is 35.8 Å². The highest BCUT2D eigenvalue weighted by molar-refractivity contribution is 6.30. The number of tetrazole rings is 1. The average Bonchev–Trinajstić information content (AvgIpc) is 3.22. The standard InChI is InChI=1S/C20H22ClN5O2/c1-27-18-8-7-15(21)13-17(18)20(9-11-28-12-10-20)14-22-19-23-24-25-26(19)16-5-3-2-4-6-16/h2-8,13H,9-12,14H2,1H3,(H,22,23,25). The maximum Gasteiger partial charge on any atom is 0.247 e. The molecule has 0 bridgehead atoms. The Morgan fingerprint density at radius 2 is 1.96 bits per heavy atom. The zero-order valence-corrected chi connectivity index (χ0v) is 16.4. The maximum atomic E-state index is 6.32. The molecule has 8 heteroatoms. The van der Waals surface area contributed by atoms with Gasteiger partial charge in [0.15, 0.2) is 0 Å². The van der Waals surface area contributed by atoms with E-state index in [1.807, 2.05) is 48.5 Å². The summed E-state index contributed by atoms with van der Waals surface area (Å²) in [5.74, 6) is 1.42. The van der Waals surface area contributed by atoms with E-state index < -0.39 is 0 Å². The number of nitrogens with one attached hydrogen (secondary N) is 1. The molecule has 1 saturated heterocycles. The van der Waals surface area contributed by atoms with Gasteiger partial charge in [-0.05, 0) is 53.6 Å². The van der Waals surface area contributed by atoms with E-state index in [0.29, 0.717) is 30.7 Å². The summed E-state index contributed by atoms with van der Waals surface area (Å²) in [5, 5.41) is 16.3. The maximum absolute atomic E-state index is 6.32. The van der Waals surface area contributed by atoms with E-state index in [2.05, 4.69) is 20.8 Å². The minimum atomic E-state index is -0.192. The second kappa shape index (κ2) is 8.16. The van der Waals surface area contributed by atoms with Crippen molar-refractivity contribution in [2.24, 2.45) is 0 Å². The number of halogens is 1. The number of hydrogen-bond donors (Lipinski definition) is 1. The Morgan fingerprint density at radius 1 is 1.18 bits per heavy atom. The molecule has 146 valence electrons. The Labute approximate surface area is 168 Å². The molecule has 0 radical (unpaired) electrons. The van der Waals surface area contributed by atoms with Crippen LogP contribution in [0.1, 0.15) is 18.4 Å². The number of nitrogens with zero attached hydrogens (tertiary/aromatic N) is 4. The van der Waals surface area contributed by atoms with Crippen molar-refractivity contribution >= 4 is 17.5 Å². The molecule has 0 amide bonds. The molecule has 0 spiro atoms. The lowest BCUT2D eigenvalue weighted by Crippen LogP contribution is -2.40. The van der Waals surface area contributed by atoms with Crippen LogP contribution in [0.5, 0.6) is 5.75 Å². The topological polar surface area (TPSA) is 74.1 Å². The van der Waals surface area contributed by atoms with Gasteiger partial charge in [0.2, 0.25) is 5.95 Å². The first kappa shape index (κ1) is 18.7. The molecule has 2 heterocycles. The first-order valence-electron chi connectivity index (χ1n) is 9.21. The van der Waals surface area contributed by atoms with Crippen LogP contribution >= 0.6 is 11.6 Å². The van der Waals surface area contributed by atoms with Gasteiger partial charge in [-0.25, -0.2) is 0 Å². The fourth-order valence-corrected chi connectivity index (χ4v) is 3.86. The lowest BCUT2D eigenvalue weighted by molar-refractivity contribution is 0.0535. The largest absolute Gasteiger partial charge is 0.496 e. The molecule has 7 nitrogen and oxygen atoms in total. The number of anilines is 1. The van der Waals surface area contributed by atoms with Crippen molar-refractivity contribution in [1.29, 1.82) is 0 Å². The Morgan fingerprint density at radius 3 is 2.71 bits per heavy atom. The van der Waals surface area contributed by atoms with Crippen LogP contribution in [-0.2, 0) is 10.2 Å². The van der Waals surface area contributed by atoms with Crippen LogP contribution in [0.2, 0.25) is 5.02 Å². The summed E-state index contributed by atoms with van der Waals surface area (Å²) in [6.45, 7) is 2.00. The van der Waals surface area contributed by atoms with Crippen molar-refractivity contribution in [3.8, 4) is 11.4 Å². The molecule has 1 aliphatic rings. The fourth-order valence-electron chi connectivity index (χ4n) is 3.69. The first-order valence-corrected chi connectivity index (χ1v) is 9.59.